The van der Waals surface area contributed by atoms with E-state index in [1.807, 2.05) is 11.8 Å². The van der Waals surface area contributed by atoms with Crippen molar-refractivity contribution in [3.8, 4) is 0 Å². The quantitative estimate of drug-likeness (QED) is 0.868. The summed E-state index contributed by atoms with van der Waals surface area (Å²) < 4.78 is 0. The molecule has 120 valence electrons. The van der Waals surface area contributed by atoms with Gasteiger partial charge in [-0.2, -0.15) is 0 Å². The number of likely N-dealkylation sites (tertiary alicyclic amines) is 1. The van der Waals surface area contributed by atoms with Crippen LogP contribution in [0.25, 0.3) is 0 Å². The SMILES string of the molecule is CNC(=O)c1ccc(NC(C)C(=O)N2CCCCC2C)nn1. The maximum atomic E-state index is 12.5. The highest BCUT2D eigenvalue weighted by atomic mass is 16.2. The smallest absolute Gasteiger partial charge is 0.271 e. The minimum atomic E-state index is -0.374. The molecule has 2 unspecified atom stereocenters. The van der Waals surface area contributed by atoms with Crippen molar-refractivity contribution >= 4 is 17.6 Å². The number of piperidine rings is 1. The molecular weight excluding hydrogens is 282 g/mol. The van der Waals surface area contributed by atoms with Gasteiger partial charge in [0.2, 0.25) is 5.91 Å². The van der Waals surface area contributed by atoms with E-state index in [1.54, 1.807) is 12.1 Å². The average molecular weight is 305 g/mol. The highest BCUT2D eigenvalue weighted by molar-refractivity contribution is 5.92. The lowest BCUT2D eigenvalue weighted by Gasteiger charge is -2.35. The van der Waals surface area contributed by atoms with Crippen LogP contribution in [0.3, 0.4) is 0 Å². The van der Waals surface area contributed by atoms with E-state index in [2.05, 4.69) is 27.8 Å². The van der Waals surface area contributed by atoms with Crippen LogP contribution in [-0.2, 0) is 4.79 Å². The van der Waals surface area contributed by atoms with E-state index in [0.717, 1.165) is 19.4 Å². The van der Waals surface area contributed by atoms with Gasteiger partial charge in [-0.3, -0.25) is 9.59 Å². The maximum Gasteiger partial charge on any atom is 0.271 e. The molecule has 0 spiro atoms. The molecule has 1 aromatic rings. The third-order valence-electron chi connectivity index (χ3n) is 3.95. The van der Waals surface area contributed by atoms with Gasteiger partial charge in [0.15, 0.2) is 5.69 Å². The standard InChI is InChI=1S/C15H23N5O2/c1-10-6-4-5-9-20(10)15(22)11(2)17-13-8-7-12(18-19-13)14(21)16-3/h7-8,10-11H,4-6,9H2,1-3H3,(H,16,21)(H,17,19). The number of nitrogens with one attached hydrogen (secondary N) is 2. The molecule has 1 fully saturated rings. The Bertz CT molecular complexity index is 531. The van der Waals surface area contributed by atoms with Crippen LogP contribution in [0.1, 0.15) is 43.6 Å². The van der Waals surface area contributed by atoms with Gasteiger partial charge >= 0.3 is 0 Å². The highest BCUT2D eigenvalue weighted by Gasteiger charge is 2.27. The second-order valence-corrected chi connectivity index (χ2v) is 5.63. The fourth-order valence-electron chi connectivity index (χ4n) is 2.62. The number of rotatable bonds is 4. The first-order valence-corrected chi connectivity index (χ1v) is 7.65. The molecule has 2 N–H and O–H groups in total. The number of hydrogen-bond donors (Lipinski definition) is 2. The van der Waals surface area contributed by atoms with Crippen molar-refractivity contribution in [1.29, 1.82) is 0 Å². The van der Waals surface area contributed by atoms with Crippen molar-refractivity contribution in [3.05, 3.63) is 17.8 Å². The van der Waals surface area contributed by atoms with E-state index >= 15 is 0 Å². The number of anilines is 1. The van der Waals surface area contributed by atoms with Gasteiger partial charge in [0.1, 0.15) is 11.9 Å². The molecule has 1 aliphatic heterocycles. The monoisotopic (exact) mass is 305 g/mol. The Kier molecular flexibility index (Phi) is 5.30. The summed E-state index contributed by atoms with van der Waals surface area (Å²) in [6.45, 7) is 4.72. The number of hydrogen-bond acceptors (Lipinski definition) is 5. The Morgan fingerprint density at radius 1 is 1.32 bits per heavy atom. The van der Waals surface area contributed by atoms with E-state index in [0.29, 0.717) is 5.82 Å². The largest absolute Gasteiger partial charge is 0.357 e. The number of nitrogens with zero attached hydrogens (tertiary/aromatic N) is 3. The first-order chi connectivity index (χ1) is 10.5. The van der Waals surface area contributed by atoms with Crippen molar-refractivity contribution < 1.29 is 9.59 Å². The summed E-state index contributed by atoms with van der Waals surface area (Å²) in [5.41, 5.74) is 0.247. The van der Waals surface area contributed by atoms with Gasteiger partial charge in [0.25, 0.3) is 5.91 Å². The predicted molar refractivity (Wildman–Crippen MR) is 83.5 cm³/mol. The number of amides is 2. The summed E-state index contributed by atoms with van der Waals surface area (Å²) >= 11 is 0. The fraction of sp³-hybridized carbons (Fsp3) is 0.600. The van der Waals surface area contributed by atoms with Gasteiger partial charge in [-0.25, -0.2) is 0 Å². The Balaban J connectivity index is 1.97. The van der Waals surface area contributed by atoms with E-state index in [-0.39, 0.29) is 29.6 Å². The molecule has 1 aliphatic rings. The summed E-state index contributed by atoms with van der Waals surface area (Å²) in [7, 11) is 1.54. The summed E-state index contributed by atoms with van der Waals surface area (Å²) in [4.78, 5) is 25.8. The van der Waals surface area contributed by atoms with Gasteiger partial charge in [-0.1, -0.05) is 0 Å². The molecular formula is C15H23N5O2. The van der Waals surface area contributed by atoms with E-state index in [9.17, 15) is 9.59 Å². The Morgan fingerprint density at radius 2 is 2.09 bits per heavy atom. The van der Waals surface area contributed by atoms with Crippen LogP contribution in [0, 0.1) is 0 Å². The third kappa shape index (κ3) is 3.72. The second-order valence-electron chi connectivity index (χ2n) is 5.63. The third-order valence-corrected chi connectivity index (χ3v) is 3.95. The van der Waals surface area contributed by atoms with Crippen molar-refractivity contribution in [2.24, 2.45) is 0 Å². The molecule has 1 aromatic heterocycles. The van der Waals surface area contributed by atoms with Crippen LogP contribution in [0.15, 0.2) is 12.1 Å². The molecule has 2 amide bonds. The average Bonchev–Trinajstić information content (AvgIpc) is 2.54. The molecule has 22 heavy (non-hydrogen) atoms. The van der Waals surface area contributed by atoms with Gasteiger partial charge in [-0.15, -0.1) is 10.2 Å². The van der Waals surface area contributed by atoms with Gasteiger partial charge < -0.3 is 15.5 Å². The number of carbonyl (C=O) groups excluding carboxylic acids is 2. The Morgan fingerprint density at radius 3 is 2.68 bits per heavy atom. The molecule has 0 aliphatic carbocycles. The summed E-state index contributed by atoms with van der Waals surface area (Å²) in [5.74, 6) is 0.271. The number of carbonyl (C=O) groups is 2. The predicted octanol–water partition coefficient (Wildman–Crippen LogP) is 1.04. The molecule has 0 saturated carbocycles. The lowest BCUT2D eigenvalue weighted by molar-refractivity contribution is -0.134. The first kappa shape index (κ1) is 16.2. The van der Waals surface area contributed by atoms with Crippen LogP contribution in [-0.4, -0.2) is 52.6 Å². The van der Waals surface area contributed by atoms with Gasteiger partial charge in [-0.05, 0) is 45.2 Å². The summed E-state index contributed by atoms with van der Waals surface area (Å²) in [6, 6.07) is 3.14. The van der Waals surface area contributed by atoms with Gasteiger partial charge in [0.05, 0.1) is 0 Å². The normalized spacial score (nSPS) is 19.4. The maximum absolute atomic E-state index is 12.5. The van der Waals surface area contributed by atoms with E-state index < -0.39 is 0 Å². The zero-order chi connectivity index (χ0) is 16.1. The molecule has 2 rings (SSSR count). The molecule has 2 heterocycles. The molecule has 7 nitrogen and oxygen atoms in total. The Labute approximate surface area is 130 Å². The van der Waals surface area contributed by atoms with Crippen molar-refractivity contribution in [2.45, 2.75) is 45.2 Å². The summed E-state index contributed by atoms with van der Waals surface area (Å²) in [6.07, 6.45) is 3.29. The fourth-order valence-corrected chi connectivity index (χ4v) is 2.62. The van der Waals surface area contributed by atoms with Crippen LogP contribution in [0.5, 0.6) is 0 Å². The summed E-state index contributed by atoms with van der Waals surface area (Å²) in [5, 5.41) is 13.3. The number of aromatic nitrogens is 2. The lowest BCUT2D eigenvalue weighted by atomic mass is 10.0. The molecule has 1 saturated heterocycles. The van der Waals surface area contributed by atoms with Crippen LogP contribution < -0.4 is 10.6 Å². The molecule has 0 radical (unpaired) electrons. The minimum Gasteiger partial charge on any atom is -0.357 e. The second kappa shape index (κ2) is 7.20. The molecule has 0 bridgehead atoms. The lowest BCUT2D eigenvalue weighted by Crippen LogP contribution is -2.48. The molecule has 7 heteroatoms. The van der Waals surface area contributed by atoms with Gasteiger partial charge in [0, 0.05) is 19.6 Å². The molecule has 0 aromatic carbocycles. The van der Waals surface area contributed by atoms with Crippen LogP contribution >= 0.6 is 0 Å². The van der Waals surface area contributed by atoms with Crippen molar-refractivity contribution in [2.75, 3.05) is 18.9 Å². The highest BCUT2D eigenvalue weighted by Crippen LogP contribution is 2.18. The zero-order valence-electron chi connectivity index (χ0n) is 13.3. The van der Waals surface area contributed by atoms with Crippen molar-refractivity contribution in [3.63, 3.8) is 0 Å². The first-order valence-electron chi connectivity index (χ1n) is 7.65. The minimum absolute atomic E-state index is 0.0735. The van der Waals surface area contributed by atoms with Crippen LogP contribution in [0.4, 0.5) is 5.82 Å². The van der Waals surface area contributed by atoms with Crippen LogP contribution in [0.2, 0.25) is 0 Å². The molecule has 2 atom stereocenters. The zero-order valence-corrected chi connectivity index (χ0v) is 13.3. The van der Waals surface area contributed by atoms with E-state index in [1.165, 1.54) is 13.5 Å². The topological polar surface area (TPSA) is 87.2 Å². The Hall–Kier alpha value is -2.18. The van der Waals surface area contributed by atoms with Crippen molar-refractivity contribution in [1.82, 2.24) is 20.4 Å². The van der Waals surface area contributed by atoms with E-state index in [4.69, 9.17) is 0 Å².